The van der Waals surface area contributed by atoms with Gasteiger partial charge in [0, 0.05) is 30.6 Å². The van der Waals surface area contributed by atoms with Crippen molar-refractivity contribution in [1.29, 1.82) is 0 Å². The van der Waals surface area contributed by atoms with Crippen molar-refractivity contribution in [3.05, 3.63) is 23.5 Å². The fraction of sp³-hybridized carbons (Fsp3) is 0.654. The Bertz CT molecular complexity index is 1100. The van der Waals surface area contributed by atoms with Crippen LogP contribution in [0.4, 0.5) is 0 Å². The predicted octanol–water partition coefficient (Wildman–Crippen LogP) is 4.83. The molecule has 1 aromatic heterocycles. The Balaban J connectivity index is 1.71. The van der Waals surface area contributed by atoms with E-state index in [1.54, 1.807) is 0 Å². The molecule has 0 spiro atoms. The molecule has 1 amide bonds. The van der Waals surface area contributed by atoms with Gasteiger partial charge in [0.05, 0.1) is 27.8 Å². The molecule has 1 fully saturated rings. The van der Waals surface area contributed by atoms with Crippen LogP contribution in [0.25, 0.3) is 11.0 Å². The first-order chi connectivity index (χ1) is 15.0. The van der Waals surface area contributed by atoms with Crippen LogP contribution < -0.4 is 9.47 Å². The van der Waals surface area contributed by atoms with E-state index < -0.39 is 5.41 Å². The molecule has 172 valence electrons. The van der Waals surface area contributed by atoms with Crippen molar-refractivity contribution in [2.45, 2.75) is 72.1 Å². The summed E-state index contributed by atoms with van der Waals surface area (Å²) in [6.07, 6.45) is 1.76. The summed E-state index contributed by atoms with van der Waals surface area (Å²) in [5, 5.41) is 0. The lowest BCUT2D eigenvalue weighted by Crippen LogP contribution is -2.54. The molecule has 0 saturated heterocycles. The van der Waals surface area contributed by atoms with E-state index in [1.807, 2.05) is 12.1 Å². The highest BCUT2D eigenvalue weighted by molar-refractivity contribution is 5.93. The van der Waals surface area contributed by atoms with Gasteiger partial charge in [0.15, 0.2) is 11.5 Å². The lowest BCUT2D eigenvalue weighted by atomic mass is 9.63. The van der Waals surface area contributed by atoms with Crippen LogP contribution in [0.3, 0.4) is 0 Å². The second-order valence-corrected chi connectivity index (χ2v) is 11.5. The Kier molecular flexibility index (Phi) is 4.57. The molecule has 6 heteroatoms. The summed E-state index contributed by atoms with van der Waals surface area (Å²) in [7, 11) is 0. The van der Waals surface area contributed by atoms with E-state index in [-0.39, 0.29) is 23.5 Å². The van der Waals surface area contributed by atoms with Gasteiger partial charge in [-0.15, -0.1) is 0 Å². The number of benzene rings is 1. The average Bonchev–Trinajstić information content (AvgIpc) is 3.28. The number of aromatic nitrogens is 2. The number of fused-ring (bicyclic) bond motifs is 7. The number of ether oxygens (including phenoxy) is 2. The standard InChI is InChI=1S/C26H35N3O3/c1-15(2)12-29(13-16(3)4)23(30)26-9-8-25(7,24(26,5)6)21-22(26)28-18-11-20-19(31-14-32-20)10-17(18)27-21/h10-11,15-16H,8-9,12-14H2,1-7H3. The molecule has 1 saturated carbocycles. The Morgan fingerprint density at radius 1 is 0.938 bits per heavy atom. The summed E-state index contributed by atoms with van der Waals surface area (Å²) in [4.78, 5) is 26.8. The van der Waals surface area contributed by atoms with Crippen LogP contribution in [0.1, 0.15) is 72.7 Å². The average molecular weight is 438 g/mol. The summed E-state index contributed by atoms with van der Waals surface area (Å²) < 4.78 is 11.1. The van der Waals surface area contributed by atoms with E-state index in [0.717, 1.165) is 48.4 Å². The quantitative estimate of drug-likeness (QED) is 0.670. The number of amides is 1. The smallest absolute Gasteiger partial charge is 0.235 e. The second kappa shape index (κ2) is 6.82. The summed E-state index contributed by atoms with van der Waals surface area (Å²) >= 11 is 0. The van der Waals surface area contributed by atoms with Crippen molar-refractivity contribution in [3.63, 3.8) is 0 Å². The van der Waals surface area contributed by atoms with Crippen molar-refractivity contribution < 1.29 is 14.3 Å². The van der Waals surface area contributed by atoms with Crippen LogP contribution in [0.15, 0.2) is 12.1 Å². The lowest BCUT2D eigenvalue weighted by molar-refractivity contribution is -0.142. The van der Waals surface area contributed by atoms with Crippen molar-refractivity contribution in [2.24, 2.45) is 17.3 Å². The van der Waals surface area contributed by atoms with Crippen molar-refractivity contribution in [1.82, 2.24) is 14.9 Å². The molecule has 6 nitrogen and oxygen atoms in total. The Labute approximate surface area is 190 Å². The molecule has 2 unspecified atom stereocenters. The highest BCUT2D eigenvalue weighted by Crippen LogP contribution is 2.70. The minimum Gasteiger partial charge on any atom is -0.454 e. The first-order valence-corrected chi connectivity index (χ1v) is 11.9. The van der Waals surface area contributed by atoms with Crippen LogP contribution in [-0.4, -0.2) is 40.7 Å². The minimum absolute atomic E-state index is 0.198. The van der Waals surface area contributed by atoms with Gasteiger partial charge >= 0.3 is 0 Å². The molecule has 2 atom stereocenters. The Morgan fingerprint density at radius 2 is 1.47 bits per heavy atom. The highest BCUT2D eigenvalue weighted by Gasteiger charge is 2.73. The highest BCUT2D eigenvalue weighted by atomic mass is 16.7. The molecule has 2 aromatic rings. The van der Waals surface area contributed by atoms with Gasteiger partial charge in [0.1, 0.15) is 0 Å². The second-order valence-electron chi connectivity index (χ2n) is 11.5. The van der Waals surface area contributed by atoms with Crippen LogP contribution in [0, 0.1) is 17.3 Å². The molecule has 0 N–H and O–H groups in total. The van der Waals surface area contributed by atoms with E-state index >= 15 is 0 Å². The van der Waals surface area contributed by atoms with E-state index in [2.05, 4.69) is 53.4 Å². The van der Waals surface area contributed by atoms with Crippen molar-refractivity contribution >= 4 is 16.9 Å². The summed E-state index contributed by atoms with van der Waals surface area (Å²) in [6, 6.07) is 3.83. The van der Waals surface area contributed by atoms with Crippen LogP contribution in [0.5, 0.6) is 11.5 Å². The maximum atomic E-state index is 14.5. The van der Waals surface area contributed by atoms with Gasteiger partial charge in [0.2, 0.25) is 12.7 Å². The molecule has 2 bridgehead atoms. The van der Waals surface area contributed by atoms with Gasteiger partial charge in [-0.25, -0.2) is 9.97 Å². The molecular formula is C26H35N3O3. The molecule has 2 aliphatic carbocycles. The zero-order valence-corrected chi connectivity index (χ0v) is 20.4. The van der Waals surface area contributed by atoms with E-state index in [9.17, 15) is 4.79 Å². The van der Waals surface area contributed by atoms with Gasteiger partial charge in [0.25, 0.3) is 0 Å². The number of hydrogen-bond acceptors (Lipinski definition) is 5. The summed E-state index contributed by atoms with van der Waals surface area (Å²) in [6.45, 7) is 17.3. The van der Waals surface area contributed by atoms with Crippen LogP contribution >= 0.6 is 0 Å². The largest absolute Gasteiger partial charge is 0.454 e. The monoisotopic (exact) mass is 437 g/mol. The van der Waals surface area contributed by atoms with Gasteiger partial charge in [-0.1, -0.05) is 48.5 Å². The predicted molar refractivity (Wildman–Crippen MR) is 124 cm³/mol. The number of carbonyl (C=O) groups is 1. The fourth-order valence-corrected chi connectivity index (χ4v) is 6.36. The van der Waals surface area contributed by atoms with Gasteiger partial charge in [-0.05, 0) is 30.1 Å². The zero-order chi connectivity index (χ0) is 23.1. The van der Waals surface area contributed by atoms with Gasteiger partial charge in [-0.2, -0.15) is 0 Å². The molecule has 1 aromatic carbocycles. The third-order valence-corrected chi connectivity index (χ3v) is 8.36. The SMILES string of the molecule is CC(C)CN(CC(C)C)C(=O)C12CCC(C)(c3nc4cc5c(cc4nc31)OCO5)C2(C)C. The molecule has 5 rings (SSSR count). The van der Waals surface area contributed by atoms with Crippen molar-refractivity contribution in [2.75, 3.05) is 19.9 Å². The normalized spacial score (nSPS) is 26.9. The molecule has 1 aliphatic heterocycles. The first-order valence-electron chi connectivity index (χ1n) is 11.9. The Morgan fingerprint density at radius 3 is 2.00 bits per heavy atom. The maximum absolute atomic E-state index is 14.5. The third kappa shape index (κ3) is 2.61. The molecule has 0 radical (unpaired) electrons. The molecular weight excluding hydrogens is 402 g/mol. The molecule has 2 heterocycles. The number of hydrogen-bond donors (Lipinski definition) is 0. The van der Waals surface area contributed by atoms with E-state index in [4.69, 9.17) is 19.4 Å². The summed E-state index contributed by atoms with van der Waals surface area (Å²) in [5.74, 6) is 2.45. The van der Waals surface area contributed by atoms with Crippen LogP contribution in [0.2, 0.25) is 0 Å². The fourth-order valence-electron chi connectivity index (χ4n) is 6.36. The number of nitrogens with zero attached hydrogens (tertiary/aromatic N) is 3. The van der Waals surface area contributed by atoms with Gasteiger partial charge in [-0.3, -0.25) is 4.79 Å². The van der Waals surface area contributed by atoms with Crippen molar-refractivity contribution in [3.8, 4) is 11.5 Å². The van der Waals surface area contributed by atoms with E-state index in [0.29, 0.717) is 23.3 Å². The number of carbonyl (C=O) groups excluding carboxylic acids is 1. The van der Waals surface area contributed by atoms with E-state index in [1.165, 1.54) is 0 Å². The van der Waals surface area contributed by atoms with Gasteiger partial charge < -0.3 is 14.4 Å². The maximum Gasteiger partial charge on any atom is 0.235 e. The topological polar surface area (TPSA) is 64.6 Å². The Hall–Kier alpha value is -2.37. The minimum atomic E-state index is -0.654. The first kappa shape index (κ1) is 21.5. The summed E-state index contributed by atoms with van der Waals surface area (Å²) in [5.41, 5.74) is 2.31. The third-order valence-electron chi connectivity index (χ3n) is 8.36. The van der Waals surface area contributed by atoms with Crippen LogP contribution in [-0.2, 0) is 15.6 Å². The zero-order valence-electron chi connectivity index (χ0n) is 20.4. The molecule has 32 heavy (non-hydrogen) atoms. The molecule has 3 aliphatic rings. The lowest BCUT2D eigenvalue weighted by Gasteiger charge is -2.43. The number of rotatable bonds is 5.